The molecule has 0 aliphatic heterocycles. The van der Waals surface area contributed by atoms with Gasteiger partial charge in [-0.25, -0.2) is 4.39 Å². The number of nitrogens with one attached hydrogen (secondary N) is 1. The number of pyridine rings is 1. The van der Waals surface area contributed by atoms with Crippen molar-refractivity contribution in [3.63, 3.8) is 0 Å². The summed E-state index contributed by atoms with van der Waals surface area (Å²) in [5.74, 6) is -0.712. The third-order valence-electron chi connectivity index (χ3n) is 1.42. The molecule has 0 aliphatic rings. The van der Waals surface area contributed by atoms with Crippen LogP contribution in [0.5, 0.6) is 5.75 Å². The fourth-order valence-electron chi connectivity index (χ4n) is 0.834. The van der Waals surface area contributed by atoms with Crippen molar-refractivity contribution in [2.24, 2.45) is 0 Å². The van der Waals surface area contributed by atoms with E-state index in [1.54, 1.807) is 0 Å². The van der Waals surface area contributed by atoms with E-state index in [1.165, 1.54) is 12.3 Å². The van der Waals surface area contributed by atoms with E-state index < -0.39 is 12.6 Å². The molecule has 1 rings (SSSR count). The van der Waals surface area contributed by atoms with Gasteiger partial charge in [-0.2, -0.15) is 0 Å². The topological polar surface area (TPSA) is 62.2 Å². The van der Waals surface area contributed by atoms with Crippen molar-refractivity contribution in [1.29, 1.82) is 0 Å². The summed E-state index contributed by atoms with van der Waals surface area (Å²) in [6.45, 7) is -0.682. The third kappa shape index (κ3) is 2.40. The molecule has 1 aromatic rings. The Balaban J connectivity index is 2.71. The van der Waals surface area contributed by atoms with Crippen molar-refractivity contribution in [1.82, 2.24) is 10.3 Å². The van der Waals surface area contributed by atoms with Crippen molar-refractivity contribution in [3.8, 4) is 5.75 Å². The van der Waals surface area contributed by atoms with Crippen molar-refractivity contribution in [2.45, 2.75) is 0 Å². The molecule has 0 bridgehead atoms. The summed E-state index contributed by atoms with van der Waals surface area (Å²) in [6.07, 6.45) is 2.54. The molecular weight excluding hydrogens is 175 g/mol. The predicted octanol–water partition coefficient (Wildman–Crippen LogP) is 0.486. The van der Waals surface area contributed by atoms with E-state index in [4.69, 9.17) is 5.11 Å². The molecule has 0 aliphatic carbocycles. The fourth-order valence-corrected chi connectivity index (χ4v) is 0.834. The van der Waals surface area contributed by atoms with Gasteiger partial charge in [0, 0.05) is 12.7 Å². The molecule has 0 saturated carbocycles. The molecule has 13 heavy (non-hydrogen) atoms. The molecule has 0 aromatic carbocycles. The minimum Gasteiger partial charge on any atom is -0.505 e. The fraction of sp³-hybridized carbons (Fsp3) is 0.250. The third-order valence-corrected chi connectivity index (χ3v) is 1.42. The second-order valence-electron chi connectivity index (χ2n) is 2.34. The quantitative estimate of drug-likeness (QED) is 0.718. The highest BCUT2D eigenvalue weighted by atomic mass is 19.1. The Kier molecular flexibility index (Phi) is 3.19. The van der Waals surface area contributed by atoms with Crippen LogP contribution in [-0.2, 0) is 0 Å². The molecule has 0 unspecified atom stereocenters. The Morgan fingerprint density at radius 1 is 1.69 bits per heavy atom. The van der Waals surface area contributed by atoms with Crippen LogP contribution in [0.4, 0.5) is 4.39 Å². The van der Waals surface area contributed by atoms with Crippen molar-refractivity contribution in [3.05, 3.63) is 24.0 Å². The molecule has 70 valence electrons. The lowest BCUT2D eigenvalue weighted by Crippen LogP contribution is -2.25. The van der Waals surface area contributed by atoms with Gasteiger partial charge in [-0.15, -0.1) is 0 Å². The number of carbonyl (C=O) groups is 1. The maximum Gasteiger partial charge on any atom is 0.255 e. The highest BCUT2D eigenvalue weighted by Gasteiger charge is 2.08. The highest BCUT2D eigenvalue weighted by Crippen LogP contribution is 2.12. The molecule has 4 nitrogen and oxygen atoms in total. The van der Waals surface area contributed by atoms with Gasteiger partial charge in [-0.05, 0) is 6.07 Å². The Morgan fingerprint density at radius 2 is 2.46 bits per heavy atom. The van der Waals surface area contributed by atoms with Crippen molar-refractivity contribution < 1.29 is 14.3 Å². The zero-order valence-corrected chi connectivity index (χ0v) is 6.83. The number of amides is 1. The first kappa shape index (κ1) is 9.44. The molecule has 1 amide bonds. The van der Waals surface area contributed by atoms with Crippen LogP contribution in [0.3, 0.4) is 0 Å². The molecule has 0 fully saturated rings. The molecule has 0 spiro atoms. The number of aromatic hydroxyl groups is 1. The van der Waals surface area contributed by atoms with Crippen LogP contribution in [0.25, 0.3) is 0 Å². The number of rotatable bonds is 3. The molecular formula is C8H9FN2O2. The minimum atomic E-state index is -0.627. The number of halogens is 1. The summed E-state index contributed by atoms with van der Waals surface area (Å²) in [4.78, 5) is 14.8. The Labute approximate surface area is 74.4 Å². The van der Waals surface area contributed by atoms with Gasteiger partial charge in [-0.3, -0.25) is 9.78 Å². The SMILES string of the molecule is O=C(NCCF)c1ccncc1O. The number of carbonyl (C=O) groups excluding carboxylic acids is 1. The first-order chi connectivity index (χ1) is 6.25. The Morgan fingerprint density at radius 3 is 3.08 bits per heavy atom. The van der Waals surface area contributed by atoms with Crippen LogP contribution in [0.15, 0.2) is 18.5 Å². The minimum absolute atomic E-state index is 0.0550. The smallest absolute Gasteiger partial charge is 0.255 e. The lowest BCUT2D eigenvalue weighted by atomic mass is 10.2. The van der Waals surface area contributed by atoms with Crippen molar-refractivity contribution in [2.75, 3.05) is 13.2 Å². The van der Waals surface area contributed by atoms with Gasteiger partial charge < -0.3 is 10.4 Å². The molecule has 1 aromatic heterocycles. The van der Waals surface area contributed by atoms with Gasteiger partial charge in [0.2, 0.25) is 0 Å². The van der Waals surface area contributed by atoms with Crippen LogP contribution in [-0.4, -0.2) is 29.2 Å². The average molecular weight is 184 g/mol. The summed E-state index contributed by atoms with van der Waals surface area (Å²) in [7, 11) is 0. The van der Waals surface area contributed by atoms with E-state index in [9.17, 15) is 9.18 Å². The van der Waals surface area contributed by atoms with Crippen LogP contribution in [0, 0.1) is 0 Å². The number of hydrogen-bond acceptors (Lipinski definition) is 3. The van der Waals surface area contributed by atoms with Gasteiger partial charge >= 0.3 is 0 Å². The predicted molar refractivity (Wildman–Crippen MR) is 44.2 cm³/mol. The molecule has 0 radical (unpaired) electrons. The molecule has 0 atom stereocenters. The molecule has 0 saturated heterocycles. The highest BCUT2D eigenvalue weighted by molar-refractivity contribution is 5.96. The van der Waals surface area contributed by atoms with Gasteiger partial charge in [-0.1, -0.05) is 0 Å². The van der Waals surface area contributed by atoms with E-state index >= 15 is 0 Å². The lowest BCUT2D eigenvalue weighted by Gasteiger charge is -2.03. The second kappa shape index (κ2) is 4.39. The largest absolute Gasteiger partial charge is 0.505 e. The average Bonchev–Trinajstić information content (AvgIpc) is 2.15. The van der Waals surface area contributed by atoms with Crippen molar-refractivity contribution >= 4 is 5.91 Å². The standard InChI is InChI=1S/C8H9FN2O2/c9-2-4-11-8(13)6-1-3-10-5-7(6)12/h1,3,5,12H,2,4H2,(H,11,13). The molecule has 1 heterocycles. The monoisotopic (exact) mass is 184 g/mol. The second-order valence-corrected chi connectivity index (χ2v) is 2.34. The number of nitrogens with zero attached hydrogens (tertiary/aromatic N) is 1. The zero-order chi connectivity index (χ0) is 9.68. The van der Waals surface area contributed by atoms with E-state index in [0.717, 1.165) is 6.20 Å². The summed E-state index contributed by atoms with van der Waals surface area (Å²) < 4.78 is 11.7. The first-order valence-electron chi connectivity index (χ1n) is 3.73. The normalized spacial score (nSPS) is 9.62. The van der Waals surface area contributed by atoms with Gasteiger partial charge in [0.05, 0.1) is 11.8 Å². The molecule has 5 heteroatoms. The summed E-state index contributed by atoms with van der Waals surface area (Å²) in [5, 5.41) is 11.5. The van der Waals surface area contributed by atoms with Gasteiger partial charge in [0.1, 0.15) is 12.4 Å². The first-order valence-corrected chi connectivity index (χ1v) is 3.73. The Hall–Kier alpha value is -1.65. The van der Waals surface area contributed by atoms with E-state index in [0.29, 0.717) is 0 Å². The molecule has 2 N–H and O–H groups in total. The van der Waals surface area contributed by atoms with Crippen LogP contribution < -0.4 is 5.32 Å². The lowest BCUT2D eigenvalue weighted by molar-refractivity contribution is 0.0948. The maximum atomic E-state index is 11.7. The van der Waals surface area contributed by atoms with E-state index in [1.807, 2.05) is 0 Å². The van der Waals surface area contributed by atoms with E-state index in [-0.39, 0.29) is 17.9 Å². The zero-order valence-electron chi connectivity index (χ0n) is 6.83. The maximum absolute atomic E-state index is 11.7. The number of alkyl halides is 1. The van der Waals surface area contributed by atoms with Gasteiger partial charge in [0.25, 0.3) is 5.91 Å². The number of aromatic nitrogens is 1. The van der Waals surface area contributed by atoms with Crippen LogP contribution in [0.2, 0.25) is 0 Å². The Bertz CT molecular complexity index is 304. The summed E-state index contributed by atoms with van der Waals surface area (Å²) >= 11 is 0. The number of hydrogen-bond donors (Lipinski definition) is 2. The van der Waals surface area contributed by atoms with Crippen LogP contribution >= 0.6 is 0 Å². The summed E-state index contributed by atoms with van der Waals surface area (Å²) in [5.41, 5.74) is 0.100. The van der Waals surface area contributed by atoms with Gasteiger partial charge in [0.15, 0.2) is 0 Å². The summed E-state index contributed by atoms with van der Waals surface area (Å²) in [6, 6.07) is 1.36. The van der Waals surface area contributed by atoms with Crippen LogP contribution in [0.1, 0.15) is 10.4 Å². The van der Waals surface area contributed by atoms with E-state index in [2.05, 4.69) is 10.3 Å².